The Balaban J connectivity index is 1.15. The molecule has 4 nitrogen and oxygen atoms in total. The molecule has 5 fully saturated rings. The summed E-state index contributed by atoms with van der Waals surface area (Å²) in [5.41, 5.74) is 5.23. The second kappa shape index (κ2) is 8.21. The van der Waals surface area contributed by atoms with Crippen LogP contribution in [0.2, 0.25) is 0 Å². The van der Waals surface area contributed by atoms with Crippen molar-refractivity contribution < 1.29 is 14.3 Å². The Labute approximate surface area is 226 Å². The van der Waals surface area contributed by atoms with E-state index in [1.807, 2.05) is 0 Å². The van der Waals surface area contributed by atoms with Crippen LogP contribution in [-0.2, 0) is 16.6 Å². The van der Waals surface area contributed by atoms with Crippen molar-refractivity contribution in [2.75, 3.05) is 6.79 Å². The van der Waals surface area contributed by atoms with Crippen LogP contribution in [0, 0.1) is 17.8 Å². The third-order valence-corrected chi connectivity index (χ3v) is 10.9. The Morgan fingerprint density at radius 1 is 0.892 bits per heavy atom. The number of carbonyl (C=O) groups is 1. The van der Waals surface area contributed by atoms with E-state index < -0.39 is 0 Å². The maximum absolute atomic E-state index is 12.1. The number of thiocarbonyl (C=S) groups is 1. The van der Waals surface area contributed by atoms with Crippen LogP contribution in [-0.4, -0.2) is 22.3 Å². The second-order valence-corrected chi connectivity index (χ2v) is 13.8. The highest BCUT2D eigenvalue weighted by atomic mass is 32.2. The fourth-order valence-corrected chi connectivity index (χ4v) is 9.66. The van der Waals surface area contributed by atoms with Crippen LogP contribution in [0.4, 0.5) is 0 Å². The highest BCUT2D eigenvalue weighted by Gasteiger charge is 2.53. The topological polar surface area (TPSA) is 47.6 Å². The van der Waals surface area contributed by atoms with E-state index in [4.69, 9.17) is 21.7 Å². The van der Waals surface area contributed by atoms with Gasteiger partial charge in [0, 0.05) is 5.56 Å². The number of rotatable bonds is 4. The standard InChI is InChI=1S/C31H29NO3S2/c33-29-27(37-30(36)32-29)9-17-1-2-22-10-23(4-3-21(22)8-17)24-11-25(28-26(12-24)34-16-35-28)31-13-18-5-19(14-31)7-20(6-18)15-31/h1-4,8,10-12,18-20,27H,5-7,9,13-16H2,(H,32,33,36). The first-order chi connectivity index (χ1) is 18.0. The molecule has 4 bridgehead atoms. The summed E-state index contributed by atoms with van der Waals surface area (Å²) in [7, 11) is 0. The molecule has 1 N–H and O–H groups in total. The minimum Gasteiger partial charge on any atom is -0.454 e. The third kappa shape index (κ3) is 3.70. The molecule has 2 heterocycles. The Bertz CT molecular complexity index is 1450. The Kier molecular flexibility index (Phi) is 4.98. The van der Waals surface area contributed by atoms with Crippen molar-refractivity contribution in [2.45, 2.75) is 55.6 Å². The summed E-state index contributed by atoms with van der Waals surface area (Å²) < 4.78 is 12.7. The van der Waals surface area contributed by atoms with Crippen molar-refractivity contribution >= 4 is 45.0 Å². The normalized spacial score (nSPS) is 31.4. The van der Waals surface area contributed by atoms with E-state index in [1.165, 1.54) is 77.7 Å². The summed E-state index contributed by atoms with van der Waals surface area (Å²) in [6.07, 6.45) is 8.90. The Morgan fingerprint density at radius 3 is 2.35 bits per heavy atom. The van der Waals surface area contributed by atoms with Crippen molar-refractivity contribution in [3.8, 4) is 22.6 Å². The lowest BCUT2D eigenvalue weighted by Gasteiger charge is -2.57. The van der Waals surface area contributed by atoms with Gasteiger partial charge < -0.3 is 14.8 Å². The molecule has 3 aromatic rings. The van der Waals surface area contributed by atoms with E-state index >= 15 is 0 Å². The van der Waals surface area contributed by atoms with Crippen LogP contribution in [0.5, 0.6) is 11.5 Å². The van der Waals surface area contributed by atoms with E-state index in [0.717, 1.165) is 34.8 Å². The fourth-order valence-electron chi connectivity index (χ4n) is 8.35. The molecule has 3 aromatic carbocycles. The van der Waals surface area contributed by atoms with E-state index in [1.54, 1.807) is 0 Å². The van der Waals surface area contributed by atoms with Crippen molar-refractivity contribution in [3.05, 3.63) is 59.7 Å². The molecule has 1 unspecified atom stereocenters. The minimum absolute atomic E-state index is 0.0167. The summed E-state index contributed by atoms with van der Waals surface area (Å²) in [6, 6.07) is 17.8. The number of hydrogen-bond donors (Lipinski definition) is 1. The number of ether oxygens (including phenoxy) is 2. The zero-order valence-electron chi connectivity index (χ0n) is 20.6. The smallest absolute Gasteiger partial charge is 0.239 e. The lowest BCUT2D eigenvalue weighted by molar-refractivity contribution is -0.118. The van der Waals surface area contributed by atoms with Crippen LogP contribution >= 0.6 is 24.0 Å². The first-order valence-electron chi connectivity index (χ1n) is 13.5. The van der Waals surface area contributed by atoms with Crippen LogP contribution < -0.4 is 14.8 Å². The van der Waals surface area contributed by atoms with Gasteiger partial charge >= 0.3 is 0 Å². The number of amides is 1. The minimum atomic E-state index is -0.138. The number of carbonyl (C=O) groups excluding carboxylic acids is 1. The lowest BCUT2D eigenvalue weighted by atomic mass is 9.48. The molecule has 37 heavy (non-hydrogen) atoms. The number of benzene rings is 3. The molecule has 9 rings (SSSR count). The number of fused-ring (bicyclic) bond motifs is 2. The molecule has 1 amide bonds. The van der Waals surface area contributed by atoms with Crippen molar-refractivity contribution in [3.63, 3.8) is 0 Å². The second-order valence-electron chi connectivity index (χ2n) is 11.9. The first kappa shape index (κ1) is 22.4. The molecule has 1 atom stereocenters. The average molecular weight is 528 g/mol. The van der Waals surface area contributed by atoms with Gasteiger partial charge in [0.1, 0.15) is 4.32 Å². The molecule has 0 radical (unpaired) electrons. The van der Waals surface area contributed by atoms with Gasteiger partial charge in [-0.25, -0.2) is 0 Å². The van der Waals surface area contributed by atoms with Crippen LogP contribution in [0.1, 0.15) is 49.7 Å². The van der Waals surface area contributed by atoms with Gasteiger partial charge in [-0.1, -0.05) is 54.3 Å². The molecule has 6 heteroatoms. The van der Waals surface area contributed by atoms with Gasteiger partial charge in [0.15, 0.2) is 11.5 Å². The quantitative estimate of drug-likeness (QED) is 0.380. The average Bonchev–Trinajstić information content (AvgIpc) is 3.47. The SMILES string of the molecule is O=C1NC(=S)SC1Cc1ccc2cc(-c3cc4c(c(C56CC7CC(CC(C7)C5)C6)c3)OCO4)ccc2c1. The van der Waals surface area contributed by atoms with E-state index in [-0.39, 0.29) is 16.6 Å². The summed E-state index contributed by atoms with van der Waals surface area (Å²) >= 11 is 6.61. The van der Waals surface area contributed by atoms with Gasteiger partial charge in [0.25, 0.3) is 0 Å². The van der Waals surface area contributed by atoms with Crippen molar-refractivity contribution in [2.24, 2.45) is 17.8 Å². The predicted molar refractivity (Wildman–Crippen MR) is 151 cm³/mol. The molecule has 0 spiro atoms. The Morgan fingerprint density at radius 2 is 1.62 bits per heavy atom. The van der Waals surface area contributed by atoms with E-state index in [0.29, 0.717) is 17.5 Å². The maximum atomic E-state index is 12.1. The van der Waals surface area contributed by atoms with Crippen LogP contribution in [0.3, 0.4) is 0 Å². The molecule has 1 saturated heterocycles. The zero-order chi connectivity index (χ0) is 24.7. The van der Waals surface area contributed by atoms with Crippen molar-refractivity contribution in [1.29, 1.82) is 0 Å². The number of thioether (sulfide) groups is 1. The first-order valence-corrected chi connectivity index (χ1v) is 14.8. The highest BCUT2D eigenvalue weighted by Crippen LogP contribution is 2.63. The highest BCUT2D eigenvalue weighted by molar-refractivity contribution is 8.24. The zero-order valence-corrected chi connectivity index (χ0v) is 22.3. The van der Waals surface area contributed by atoms with Crippen molar-refractivity contribution in [1.82, 2.24) is 5.32 Å². The van der Waals surface area contributed by atoms with Gasteiger partial charge in [-0.15, -0.1) is 0 Å². The van der Waals surface area contributed by atoms with Crippen LogP contribution in [0.25, 0.3) is 21.9 Å². The summed E-state index contributed by atoms with van der Waals surface area (Å²) in [5.74, 6) is 4.57. The molecule has 0 aromatic heterocycles. The molecule has 4 aliphatic carbocycles. The van der Waals surface area contributed by atoms with E-state index in [2.05, 4.69) is 53.8 Å². The maximum Gasteiger partial charge on any atom is 0.239 e. The summed E-state index contributed by atoms with van der Waals surface area (Å²) in [4.78, 5) is 12.1. The van der Waals surface area contributed by atoms with Gasteiger partial charge in [-0.05, 0) is 114 Å². The van der Waals surface area contributed by atoms with Crippen LogP contribution in [0.15, 0.2) is 48.5 Å². The molecular formula is C31H29NO3S2. The fraction of sp³-hybridized carbons (Fsp3) is 0.419. The molecule has 4 saturated carbocycles. The number of nitrogens with one attached hydrogen (secondary N) is 1. The summed E-state index contributed by atoms with van der Waals surface area (Å²) in [5, 5.41) is 5.00. The predicted octanol–water partition coefficient (Wildman–Crippen LogP) is 6.76. The lowest BCUT2D eigenvalue weighted by Crippen LogP contribution is -2.48. The molecular weight excluding hydrogens is 498 g/mol. The van der Waals surface area contributed by atoms with Gasteiger partial charge in [-0.2, -0.15) is 0 Å². The number of hydrogen-bond acceptors (Lipinski definition) is 5. The molecule has 2 aliphatic heterocycles. The third-order valence-electron chi connectivity index (χ3n) is 9.51. The van der Waals surface area contributed by atoms with Gasteiger partial charge in [-0.3, -0.25) is 4.79 Å². The molecule has 6 aliphatic rings. The van der Waals surface area contributed by atoms with Gasteiger partial charge in [0.2, 0.25) is 12.7 Å². The van der Waals surface area contributed by atoms with Gasteiger partial charge in [0.05, 0.1) is 5.25 Å². The molecule has 188 valence electrons. The Hall–Kier alpha value is -2.57. The monoisotopic (exact) mass is 527 g/mol. The van der Waals surface area contributed by atoms with E-state index in [9.17, 15) is 4.79 Å². The largest absolute Gasteiger partial charge is 0.454 e. The summed E-state index contributed by atoms with van der Waals surface area (Å²) in [6.45, 7) is 0.320.